The summed E-state index contributed by atoms with van der Waals surface area (Å²) in [6, 6.07) is 2.58. The molecule has 0 aromatic carbocycles. The van der Waals surface area contributed by atoms with Gasteiger partial charge in [-0.3, -0.25) is 0 Å². The van der Waals surface area contributed by atoms with Crippen molar-refractivity contribution in [3.05, 3.63) is 18.1 Å². The highest BCUT2D eigenvalue weighted by molar-refractivity contribution is 5.35. The van der Waals surface area contributed by atoms with Crippen LogP contribution in [-0.2, 0) is 0 Å². The number of rotatable bonds is 2. The van der Waals surface area contributed by atoms with Crippen LogP contribution in [0.5, 0.6) is 0 Å². The van der Waals surface area contributed by atoms with Crippen LogP contribution in [0.1, 0.15) is 18.7 Å². The second-order valence-electron chi connectivity index (χ2n) is 2.91. The molecule has 1 aliphatic rings. The maximum Gasteiger partial charge on any atom is 0.129 e. The molecule has 0 atom stereocenters. The van der Waals surface area contributed by atoms with Crippen molar-refractivity contribution in [1.29, 1.82) is 0 Å². The zero-order valence-corrected chi connectivity index (χ0v) is 6.54. The first-order valence-corrected chi connectivity index (χ1v) is 3.91. The Morgan fingerprint density at radius 3 is 3.00 bits per heavy atom. The molecule has 0 spiro atoms. The molecule has 0 aliphatic heterocycles. The second-order valence-corrected chi connectivity index (χ2v) is 2.91. The van der Waals surface area contributed by atoms with Gasteiger partial charge in [-0.2, -0.15) is 0 Å². The molecule has 0 saturated heterocycles. The highest BCUT2D eigenvalue weighted by Crippen LogP contribution is 2.23. The summed E-state index contributed by atoms with van der Waals surface area (Å²) < 4.78 is 0. The van der Waals surface area contributed by atoms with Gasteiger partial charge in [0.2, 0.25) is 0 Å². The van der Waals surface area contributed by atoms with E-state index in [4.69, 9.17) is 0 Å². The fourth-order valence-corrected chi connectivity index (χ4v) is 0.973. The Morgan fingerprint density at radius 2 is 2.36 bits per heavy atom. The maximum atomic E-state index is 4.23. The van der Waals surface area contributed by atoms with Gasteiger partial charge in [0.15, 0.2) is 0 Å². The monoisotopic (exact) mass is 149 g/mol. The van der Waals surface area contributed by atoms with Crippen molar-refractivity contribution in [2.24, 2.45) is 0 Å². The molecule has 11 heavy (non-hydrogen) atoms. The summed E-state index contributed by atoms with van der Waals surface area (Å²) in [5.74, 6) is 1.79. The van der Waals surface area contributed by atoms with Crippen LogP contribution in [-0.4, -0.2) is 16.0 Å². The Balaban J connectivity index is 2.10. The predicted molar refractivity (Wildman–Crippen MR) is 43.4 cm³/mol. The Kier molecular flexibility index (Phi) is 1.49. The summed E-state index contributed by atoms with van der Waals surface area (Å²) in [5, 5.41) is 3.31. The van der Waals surface area contributed by atoms with Crippen molar-refractivity contribution in [3.63, 3.8) is 0 Å². The van der Waals surface area contributed by atoms with E-state index in [2.05, 4.69) is 15.3 Å². The number of nitrogens with one attached hydrogen (secondary N) is 1. The third-order valence-electron chi connectivity index (χ3n) is 1.71. The van der Waals surface area contributed by atoms with Crippen molar-refractivity contribution in [1.82, 2.24) is 9.97 Å². The fourth-order valence-electron chi connectivity index (χ4n) is 0.973. The molecule has 0 bridgehead atoms. The molecule has 3 nitrogen and oxygen atoms in total. The largest absolute Gasteiger partial charge is 0.367 e. The summed E-state index contributed by atoms with van der Waals surface area (Å²) in [5.41, 5.74) is 0. The smallest absolute Gasteiger partial charge is 0.129 e. The molecule has 1 aromatic heterocycles. The average molecular weight is 149 g/mol. The van der Waals surface area contributed by atoms with E-state index in [1.165, 1.54) is 12.8 Å². The van der Waals surface area contributed by atoms with Gasteiger partial charge in [0, 0.05) is 12.2 Å². The molecule has 1 saturated carbocycles. The van der Waals surface area contributed by atoms with E-state index in [1.54, 1.807) is 6.20 Å². The second kappa shape index (κ2) is 2.49. The Bertz CT molecular complexity index is 255. The molecule has 2 rings (SSSR count). The zero-order chi connectivity index (χ0) is 7.68. The number of aryl methyl sites for hydroxylation is 1. The van der Waals surface area contributed by atoms with Gasteiger partial charge >= 0.3 is 0 Å². The minimum atomic E-state index is 0.671. The van der Waals surface area contributed by atoms with E-state index in [0.29, 0.717) is 6.04 Å². The molecule has 1 aliphatic carbocycles. The molecule has 0 unspecified atom stereocenters. The van der Waals surface area contributed by atoms with E-state index >= 15 is 0 Å². The summed E-state index contributed by atoms with van der Waals surface area (Å²) in [6.45, 7) is 1.90. The Morgan fingerprint density at radius 1 is 1.55 bits per heavy atom. The molecule has 58 valence electrons. The lowest BCUT2D eigenvalue weighted by molar-refractivity contribution is 1.02. The van der Waals surface area contributed by atoms with E-state index in [1.807, 2.05) is 13.0 Å². The molecule has 0 amide bonds. The average Bonchev–Trinajstić information content (AvgIpc) is 2.71. The number of anilines is 1. The molecule has 3 heteroatoms. The van der Waals surface area contributed by atoms with Crippen LogP contribution in [0.15, 0.2) is 12.3 Å². The van der Waals surface area contributed by atoms with Gasteiger partial charge in [0.25, 0.3) is 0 Å². The van der Waals surface area contributed by atoms with Crippen molar-refractivity contribution in [2.45, 2.75) is 25.8 Å². The fraction of sp³-hybridized carbons (Fsp3) is 0.500. The van der Waals surface area contributed by atoms with Gasteiger partial charge in [-0.05, 0) is 25.8 Å². The third kappa shape index (κ3) is 1.67. The summed E-state index contributed by atoms with van der Waals surface area (Å²) >= 11 is 0. The summed E-state index contributed by atoms with van der Waals surface area (Å²) in [7, 11) is 0. The first kappa shape index (κ1) is 6.58. The molecule has 1 aromatic rings. The van der Waals surface area contributed by atoms with Crippen LogP contribution in [0, 0.1) is 6.92 Å². The molecule has 1 fully saturated rings. The first-order chi connectivity index (χ1) is 5.34. The topological polar surface area (TPSA) is 37.8 Å². The van der Waals surface area contributed by atoms with Gasteiger partial charge in [-0.1, -0.05) is 0 Å². The lowest BCUT2D eigenvalue weighted by Crippen LogP contribution is -2.03. The zero-order valence-electron chi connectivity index (χ0n) is 6.54. The van der Waals surface area contributed by atoms with Crippen LogP contribution in [0.2, 0.25) is 0 Å². The van der Waals surface area contributed by atoms with Crippen LogP contribution in [0.4, 0.5) is 5.82 Å². The number of hydrogen-bond donors (Lipinski definition) is 1. The lowest BCUT2D eigenvalue weighted by Gasteiger charge is -2.01. The van der Waals surface area contributed by atoms with Crippen LogP contribution >= 0.6 is 0 Å². The van der Waals surface area contributed by atoms with Crippen LogP contribution < -0.4 is 5.32 Å². The van der Waals surface area contributed by atoms with Crippen molar-refractivity contribution in [2.75, 3.05) is 5.32 Å². The summed E-state index contributed by atoms with van der Waals surface area (Å²) in [6.07, 6.45) is 4.35. The lowest BCUT2D eigenvalue weighted by atomic mass is 10.5. The Hall–Kier alpha value is -1.12. The van der Waals surface area contributed by atoms with Crippen LogP contribution in [0.3, 0.4) is 0 Å². The normalized spacial score (nSPS) is 16.5. The van der Waals surface area contributed by atoms with E-state index in [9.17, 15) is 0 Å². The highest BCUT2D eigenvalue weighted by atomic mass is 15.1. The number of aromatic nitrogens is 2. The third-order valence-corrected chi connectivity index (χ3v) is 1.71. The molecular weight excluding hydrogens is 138 g/mol. The molecule has 0 radical (unpaired) electrons. The SMILES string of the molecule is Cc1nccc(NC2CC2)n1. The highest BCUT2D eigenvalue weighted by Gasteiger charge is 2.20. The van der Waals surface area contributed by atoms with Gasteiger partial charge in [0.05, 0.1) is 0 Å². The van der Waals surface area contributed by atoms with Crippen LogP contribution in [0.25, 0.3) is 0 Å². The maximum absolute atomic E-state index is 4.23. The van der Waals surface area contributed by atoms with Gasteiger partial charge in [-0.15, -0.1) is 0 Å². The Labute approximate surface area is 65.9 Å². The first-order valence-electron chi connectivity index (χ1n) is 3.91. The van der Waals surface area contributed by atoms with Crippen molar-refractivity contribution < 1.29 is 0 Å². The summed E-state index contributed by atoms with van der Waals surface area (Å²) in [4.78, 5) is 8.25. The van der Waals surface area contributed by atoms with Crippen molar-refractivity contribution >= 4 is 5.82 Å². The van der Waals surface area contributed by atoms with Crippen molar-refractivity contribution in [3.8, 4) is 0 Å². The number of hydrogen-bond acceptors (Lipinski definition) is 3. The molecule has 1 N–H and O–H groups in total. The van der Waals surface area contributed by atoms with E-state index in [0.717, 1.165) is 11.6 Å². The van der Waals surface area contributed by atoms with Gasteiger partial charge in [-0.25, -0.2) is 9.97 Å². The van der Waals surface area contributed by atoms with E-state index < -0.39 is 0 Å². The number of nitrogens with zero attached hydrogens (tertiary/aromatic N) is 2. The quantitative estimate of drug-likeness (QED) is 0.690. The molecule has 1 heterocycles. The minimum absolute atomic E-state index is 0.671. The van der Waals surface area contributed by atoms with E-state index in [-0.39, 0.29) is 0 Å². The van der Waals surface area contributed by atoms with Gasteiger partial charge < -0.3 is 5.32 Å². The molecular formula is C8H11N3. The predicted octanol–water partition coefficient (Wildman–Crippen LogP) is 1.36. The van der Waals surface area contributed by atoms with Gasteiger partial charge in [0.1, 0.15) is 11.6 Å². The standard InChI is InChI=1S/C8H11N3/c1-6-9-5-4-8(10-6)11-7-2-3-7/h4-5,7H,2-3H2,1H3,(H,9,10,11). The minimum Gasteiger partial charge on any atom is -0.367 e.